The van der Waals surface area contributed by atoms with Crippen LogP contribution in [-0.4, -0.2) is 16.3 Å². The van der Waals surface area contributed by atoms with E-state index in [0.717, 1.165) is 5.56 Å². The standard InChI is InChI=1S/C13H8N2O/c16-10-13-5-1-4-12(15-13)7-6-11-3-2-8-14-9-11/h1-5,8-10H. The van der Waals surface area contributed by atoms with Gasteiger partial charge in [0, 0.05) is 18.0 Å². The van der Waals surface area contributed by atoms with Gasteiger partial charge in [-0.3, -0.25) is 9.78 Å². The van der Waals surface area contributed by atoms with Crippen molar-refractivity contribution in [1.82, 2.24) is 9.97 Å². The molecule has 3 heteroatoms. The van der Waals surface area contributed by atoms with Crippen LogP contribution in [0, 0.1) is 11.8 Å². The first-order valence-corrected chi connectivity index (χ1v) is 4.73. The molecule has 0 unspecified atom stereocenters. The van der Waals surface area contributed by atoms with E-state index in [0.29, 0.717) is 17.7 Å². The number of nitrogens with zero attached hydrogens (tertiary/aromatic N) is 2. The van der Waals surface area contributed by atoms with E-state index >= 15 is 0 Å². The monoisotopic (exact) mass is 208 g/mol. The summed E-state index contributed by atoms with van der Waals surface area (Å²) in [6, 6.07) is 8.84. The van der Waals surface area contributed by atoms with Crippen molar-refractivity contribution in [2.24, 2.45) is 0 Å². The molecule has 76 valence electrons. The average Bonchev–Trinajstić information content (AvgIpc) is 2.38. The van der Waals surface area contributed by atoms with Gasteiger partial charge in [-0.2, -0.15) is 0 Å². The zero-order valence-electron chi connectivity index (χ0n) is 8.42. The molecule has 0 N–H and O–H groups in total. The molecule has 0 aromatic carbocycles. The molecule has 3 nitrogen and oxygen atoms in total. The number of aromatic nitrogens is 2. The molecule has 0 amide bonds. The van der Waals surface area contributed by atoms with Crippen molar-refractivity contribution in [2.75, 3.05) is 0 Å². The Bertz CT molecular complexity index is 553. The van der Waals surface area contributed by atoms with Gasteiger partial charge in [0.05, 0.1) is 0 Å². The fourth-order valence-corrected chi connectivity index (χ4v) is 1.16. The second-order valence-electron chi connectivity index (χ2n) is 3.06. The van der Waals surface area contributed by atoms with Gasteiger partial charge >= 0.3 is 0 Å². The molecule has 0 aliphatic carbocycles. The molecule has 16 heavy (non-hydrogen) atoms. The van der Waals surface area contributed by atoms with E-state index in [2.05, 4.69) is 21.8 Å². The Morgan fingerprint density at radius 1 is 1.12 bits per heavy atom. The Kier molecular flexibility index (Phi) is 3.05. The number of aldehydes is 1. The van der Waals surface area contributed by atoms with E-state index in [1.165, 1.54) is 0 Å². The van der Waals surface area contributed by atoms with Crippen LogP contribution in [0.3, 0.4) is 0 Å². The highest BCUT2D eigenvalue weighted by atomic mass is 16.1. The average molecular weight is 208 g/mol. The Labute approximate surface area is 93.2 Å². The van der Waals surface area contributed by atoms with Crippen LogP contribution in [0.4, 0.5) is 0 Å². The van der Waals surface area contributed by atoms with Crippen molar-refractivity contribution in [2.45, 2.75) is 0 Å². The third-order valence-corrected chi connectivity index (χ3v) is 1.89. The van der Waals surface area contributed by atoms with Gasteiger partial charge in [-0.1, -0.05) is 12.0 Å². The minimum absolute atomic E-state index is 0.387. The van der Waals surface area contributed by atoms with Crippen LogP contribution < -0.4 is 0 Å². The highest BCUT2D eigenvalue weighted by Crippen LogP contribution is 1.97. The summed E-state index contributed by atoms with van der Waals surface area (Å²) in [5.74, 6) is 5.80. The highest BCUT2D eigenvalue weighted by molar-refractivity contribution is 5.71. The molecule has 2 aromatic heterocycles. The van der Waals surface area contributed by atoms with Gasteiger partial charge in [0.25, 0.3) is 0 Å². The van der Waals surface area contributed by atoms with Gasteiger partial charge in [-0.05, 0) is 30.2 Å². The van der Waals surface area contributed by atoms with Gasteiger partial charge in [0.15, 0.2) is 6.29 Å². The molecule has 2 aromatic rings. The molecular weight excluding hydrogens is 200 g/mol. The number of rotatable bonds is 1. The molecule has 0 radical (unpaired) electrons. The zero-order valence-corrected chi connectivity index (χ0v) is 8.42. The first-order chi connectivity index (χ1) is 7.88. The Morgan fingerprint density at radius 3 is 2.81 bits per heavy atom. The van der Waals surface area contributed by atoms with Crippen LogP contribution in [0.25, 0.3) is 0 Å². The summed E-state index contributed by atoms with van der Waals surface area (Å²) in [4.78, 5) is 18.5. The molecule has 0 bridgehead atoms. The van der Waals surface area contributed by atoms with E-state index in [-0.39, 0.29) is 0 Å². The van der Waals surface area contributed by atoms with Crippen LogP contribution in [0.5, 0.6) is 0 Å². The predicted octanol–water partition coefficient (Wildman–Crippen LogP) is 1.69. The summed E-state index contributed by atoms with van der Waals surface area (Å²) in [7, 11) is 0. The lowest BCUT2D eigenvalue weighted by Crippen LogP contribution is -1.89. The van der Waals surface area contributed by atoms with Crippen LogP contribution >= 0.6 is 0 Å². The van der Waals surface area contributed by atoms with Crippen molar-refractivity contribution < 1.29 is 4.79 Å². The van der Waals surface area contributed by atoms with Gasteiger partial charge < -0.3 is 0 Å². The Hall–Kier alpha value is -2.47. The van der Waals surface area contributed by atoms with Crippen molar-refractivity contribution >= 4 is 6.29 Å². The normalized spacial score (nSPS) is 9.00. The van der Waals surface area contributed by atoms with Gasteiger partial charge in [-0.15, -0.1) is 0 Å². The van der Waals surface area contributed by atoms with Crippen LogP contribution in [0.1, 0.15) is 21.7 Å². The SMILES string of the molecule is O=Cc1cccc(C#Cc2cccnc2)n1. The second kappa shape index (κ2) is 4.85. The third kappa shape index (κ3) is 2.52. The zero-order chi connectivity index (χ0) is 11.2. The molecule has 0 aliphatic heterocycles. The van der Waals surface area contributed by atoms with Gasteiger partial charge in [0.1, 0.15) is 11.4 Å². The molecule has 0 aliphatic rings. The van der Waals surface area contributed by atoms with E-state index in [1.807, 2.05) is 12.1 Å². The van der Waals surface area contributed by atoms with E-state index in [4.69, 9.17) is 0 Å². The van der Waals surface area contributed by atoms with Crippen molar-refractivity contribution in [3.05, 3.63) is 59.7 Å². The summed E-state index contributed by atoms with van der Waals surface area (Å²) in [6.45, 7) is 0. The molecule has 0 spiro atoms. The summed E-state index contributed by atoms with van der Waals surface area (Å²) < 4.78 is 0. The molecule has 0 atom stereocenters. The summed E-state index contributed by atoms with van der Waals surface area (Å²) in [5, 5.41) is 0. The molecule has 0 saturated carbocycles. The first kappa shape index (κ1) is 10.1. The van der Waals surface area contributed by atoms with Crippen molar-refractivity contribution in [1.29, 1.82) is 0 Å². The van der Waals surface area contributed by atoms with Crippen LogP contribution in [0.15, 0.2) is 42.7 Å². The smallest absolute Gasteiger partial charge is 0.168 e. The largest absolute Gasteiger partial charge is 0.296 e. The maximum absolute atomic E-state index is 10.5. The lowest BCUT2D eigenvalue weighted by molar-refractivity contribution is 0.111. The molecule has 2 heterocycles. The summed E-state index contributed by atoms with van der Waals surface area (Å²) in [5.41, 5.74) is 1.78. The lowest BCUT2D eigenvalue weighted by Gasteiger charge is -1.91. The topological polar surface area (TPSA) is 42.9 Å². The van der Waals surface area contributed by atoms with E-state index < -0.39 is 0 Å². The fraction of sp³-hybridized carbons (Fsp3) is 0. The number of hydrogen-bond acceptors (Lipinski definition) is 3. The highest BCUT2D eigenvalue weighted by Gasteiger charge is 1.92. The van der Waals surface area contributed by atoms with Crippen molar-refractivity contribution in [3.63, 3.8) is 0 Å². The molecular formula is C13H8N2O. The van der Waals surface area contributed by atoms with Crippen LogP contribution in [0.2, 0.25) is 0 Å². The van der Waals surface area contributed by atoms with Crippen molar-refractivity contribution in [3.8, 4) is 11.8 Å². The minimum atomic E-state index is 0.387. The number of pyridine rings is 2. The maximum Gasteiger partial charge on any atom is 0.168 e. The molecule has 0 saturated heterocycles. The quantitative estimate of drug-likeness (QED) is 0.529. The minimum Gasteiger partial charge on any atom is -0.296 e. The summed E-state index contributed by atoms with van der Waals surface area (Å²) in [6.07, 6.45) is 4.07. The van der Waals surface area contributed by atoms with Gasteiger partial charge in [-0.25, -0.2) is 4.98 Å². The first-order valence-electron chi connectivity index (χ1n) is 4.73. The molecule has 0 fully saturated rings. The Balaban J connectivity index is 2.27. The molecule has 2 rings (SSSR count). The van der Waals surface area contributed by atoms with Gasteiger partial charge in [0.2, 0.25) is 0 Å². The Morgan fingerprint density at radius 2 is 2.06 bits per heavy atom. The number of hydrogen-bond donors (Lipinski definition) is 0. The predicted molar refractivity (Wildman–Crippen MR) is 59.8 cm³/mol. The van der Waals surface area contributed by atoms with E-state index in [9.17, 15) is 4.79 Å². The summed E-state index contributed by atoms with van der Waals surface area (Å²) >= 11 is 0. The lowest BCUT2D eigenvalue weighted by atomic mass is 10.2. The maximum atomic E-state index is 10.5. The van der Waals surface area contributed by atoms with Crippen LogP contribution in [-0.2, 0) is 0 Å². The third-order valence-electron chi connectivity index (χ3n) is 1.89. The second-order valence-corrected chi connectivity index (χ2v) is 3.06. The number of carbonyl (C=O) groups excluding carboxylic acids is 1. The number of carbonyl (C=O) groups is 1. The van der Waals surface area contributed by atoms with E-state index in [1.54, 1.807) is 30.6 Å². The fourth-order valence-electron chi connectivity index (χ4n) is 1.16.